The molecule has 1 aromatic rings. The molecule has 3 rings (SSSR count). The van der Waals surface area contributed by atoms with Gasteiger partial charge in [-0.05, 0) is 36.1 Å². The molecule has 0 nitrogen and oxygen atoms in total. The van der Waals surface area contributed by atoms with Crippen LogP contribution in [0.1, 0.15) is 17.5 Å². The Morgan fingerprint density at radius 3 is 2.43 bits per heavy atom. The van der Waals surface area contributed by atoms with Crippen molar-refractivity contribution < 1.29 is 0 Å². The molecule has 0 radical (unpaired) electrons. The number of hydrogen-bond acceptors (Lipinski definition) is 1. The highest BCUT2D eigenvalue weighted by molar-refractivity contribution is 7.99. The van der Waals surface area contributed by atoms with Gasteiger partial charge in [0.1, 0.15) is 0 Å². The van der Waals surface area contributed by atoms with E-state index in [0.717, 1.165) is 0 Å². The fourth-order valence-corrected chi connectivity index (χ4v) is 3.51. The zero-order chi connectivity index (χ0) is 9.38. The fourth-order valence-electron chi connectivity index (χ4n) is 2.42. The highest BCUT2D eigenvalue weighted by Crippen LogP contribution is 2.33. The zero-order valence-electron chi connectivity index (χ0n) is 8.25. The number of hydrogen-bond donors (Lipinski definition) is 0. The van der Waals surface area contributed by atoms with Gasteiger partial charge in [-0.25, -0.2) is 0 Å². The number of benzene rings is 1. The maximum Gasteiger partial charge on any atom is 0.0149 e. The molecule has 14 heavy (non-hydrogen) atoms. The van der Waals surface area contributed by atoms with Crippen molar-refractivity contribution in [1.29, 1.82) is 0 Å². The third-order valence-electron chi connectivity index (χ3n) is 3.25. The molecule has 0 fully saturated rings. The van der Waals surface area contributed by atoms with Crippen LogP contribution in [-0.2, 0) is 12.8 Å². The van der Waals surface area contributed by atoms with Gasteiger partial charge in [0.2, 0.25) is 0 Å². The van der Waals surface area contributed by atoms with Crippen LogP contribution < -0.4 is 0 Å². The summed E-state index contributed by atoms with van der Waals surface area (Å²) in [6, 6.07) is 8.92. The summed E-state index contributed by atoms with van der Waals surface area (Å²) in [6.45, 7) is 0. The molecule has 0 aromatic heterocycles. The van der Waals surface area contributed by atoms with Crippen molar-refractivity contribution in [3.63, 3.8) is 0 Å². The molecule has 1 aliphatic carbocycles. The maximum absolute atomic E-state index is 2.29. The number of allylic oxidation sites excluding steroid dienone is 1. The number of thioether (sulfide) groups is 1. The summed E-state index contributed by atoms with van der Waals surface area (Å²) in [5, 5.41) is 0. The monoisotopic (exact) mass is 202 g/mol. The van der Waals surface area contributed by atoms with Crippen LogP contribution in [0, 0.1) is 0 Å². The van der Waals surface area contributed by atoms with Crippen LogP contribution in [0.5, 0.6) is 0 Å². The molecule has 72 valence electrons. The van der Waals surface area contributed by atoms with Crippen LogP contribution in [0.2, 0.25) is 0 Å². The third-order valence-corrected chi connectivity index (χ3v) is 4.30. The minimum absolute atomic E-state index is 1.22. The molecule has 0 spiro atoms. The lowest BCUT2D eigenvalue weighted by Crippen LogP contribution is -2.14. The lowest BCUT2D eigenvalue weighted by molar-refractivity contribution is 0.885. The van der Waals surface area contributed by atoms with Gasteiger partial charge in [-0.1, -0.05) is 35.4 Å². The average Bonchev–Trinajstić information content (AvgIpc) is 2.26. The van der Waals surface area contributed by atoms with Crippen molar-refractivity contribution in [2.75, 3.05) is 11.5 Å². The predicted molar refractivity (Wildman–Crippen MR) is 62.8 cm³/mol. The molecule has 0 saturated heterocycles. The van der Waals surface area contributed by atoms with Gasteiger partial charge in [-0.2, -0.15) is 11.8 Å². The van der Waals surface area contributed by atoms with Crippen molar-refractivity contribution in [3.05, 3.63) is 46.5 Å². The quantitative estimate of drug-likeness (QED) is 0.582. The molecule has 1 heterocycles. The lowest BCUT2D eigenvalue weighted by Gasteiger charge is -2.26. The zero-order valence-corrected chi connectivity index (χ0v) is 9.07. The van der Waals surface area contributed by atoms with Gasteiger partial charge in [0.25, 0.3) is 0 Å². The Morgan fingerprint density at radius 1 is 0.929 bits per heavy atom. The summed E-state index contributed by atoms with van der Waals surface area (Å²) in [5.74, 6) is 2.62. The molecule has 0 N–H and O–H groups in total. The smallest absolute Gasteiger partial charge is 0.0149 e. The van der Waals surface area contributed by atoms with Gasteiger partial charge < -0.3 is 0 Å². The summed E-state index contributed by atoms with van der Waals surface area (Å²) in [4.78, 5) is 0. The molecular weight excluding hydrogens is 188 g/mol. The molecule has 0 amide bonds. The first kappa shape index (κ1) is 8.60. The average molecular weight is 202 g/mol. The molecule has 1 heteroatoms. The van der Waals surface area contributed by atoms with Crippen LogP contribution in [0.3, 0.4) is 0 Å². The van der Waals surface area contributed by atoms with Crippen LogP contribution in [0.4, 0.5) is 0 Å². The minimum Gasteiger partial charge on any atom is -0.157 e. The molecule has 1 aromatic carbocycles. The van der Waals surface area contributed by atoms with Crippen LogP contribution >= 0.6 is 11.8 Å². The van der Waals surface area contributed by atoms with Gasteiger partial charge in [0.05, 0.1) is 0 Å². The van der Waals surface area contributed by atoms with E-state index >= 15 is 0 Å². The fraction of sp³-hybridized carbons (Fsp3) is 0.385. The largest absolute Gasteiger partial charge is 0.157 e. The van der Waals surface area contributed by atoms with E-state index in [4.69, 9.17) is 0 Å². The first-order chi connectivity index (χ1) is 6.93. The molecule has 0 bridgehead atoms. The van der Waals surface area contributed by atoms with E-state index in [2.05, 4.69) is 36.0 Å². The Labute approximate surface area is 89.4 Å². The Balaban J connectivity index is 1.99. The summed E-state index contributed by atoms with van der Waals surface area (Å²) in [6.07, 6.45) is 3.78. The summed E-state index contributed by atoms with van der Waals surface area (Å²) >= 11 is 2.10. The Morgan fingerprint density at radius 2 is 1.64 bits per heavy atom. The Kier molecular flexibility index (Phi) is 2.13. The molecular formula is C13H14S. The summed E-state index contributed by atoms with van der Waals surface area (Å²) in [5.41, 5.74) is 6.59. The normalized spacial score (nSPS) is 20.3. The highest BCUT2D eigenvalue weighted by Gasteiger charge is 2.19. The van der Waals surface area contributed by atoms with Crippen molar-refractivity contribution in [2.24, 2.45) is 0 Å². The first-order valence-electron chi connectivity index (χ1n) is 5.28. The second-order valence-electron chi connectivity index (χ2n) is 4.13. The van der Waals surface area contributed by atoms with Crippen molar-refractivity contribution >= 4 is 11.8 Å². The van der Waals surface area contributed by atoms with Gasteiger partial charge in [0.15, 0.2) is 0 Å². The maximum atomic E-state index is 2.29. The Hall–Kier alpha value is -0.690. The summed E-state index contributed by atoms with van der Waals surface area (Å²) < 4.78 is 0. The van der Waals surface area contributed by atoms with Gasteiger partial charge in [0, 0.05) is 5.75 Å². The van der Waals surface area contributed by atoms with Gasteiger partial charge >= 0.3 is 0 Å². The van der Waals surface area contributed by atoms with Gasteiger partial charge in [-0.15, -0.1) is 0 Å². The molecule has 2 aliphatic rings. The molecule has 0 saturated carbocycles. The standard InChI is InChI=1S/C13H14S/c1-2-4-11-8-13-9-14-6-5-12(13)7-10(11)3-1/h1-4H,5-9H2. The van der Waals surface area contributed by atoms with Crippen molar-refractivity contribution in [2.45, 2.75) is 19.3 Å². The second-order valence-corrected chi connectivity index (χ2v) is 5.24. The first-order valence-corrected chi connectivity index (χ1v) is 6.43. The van der Waals surface area contributed by atoms with E-state index in [1.165, 1.54) is 30.8 Å². The van der Waals surface area contributed by atoms with Crippen molar-refractivity contribution in [1.82, 2.24) is 0 Å². The molecule has 1 aliphatic heterocycles. The number of fused-ring (bicyclic) bond motifs is 1. The topological polar surface area (TPSA) is 0 Å². The van der Waals surface area contributed by atoms with Crippen LogP contribution in [0.15, 0.2) is 35.4 Å². The van der Waals surface area contributed by atoms with Gasteiger partial charge in [-0.3, -0.25) is 0 Å². The van der Waals surface area contributed by atoms with E-state index in [1.807, 2.05) is 0 Å². The third kappa shape index (κ3) is 1.40. The summed E-state index contributed by atoms with van der Waals surface area (Å²) in [7, 11) is 0. The van der Waals surface area contributed by atoms with E-state index in [-0.39, 0.29) is 0 Å². The molecule has 0 unspecified atom stereocenters. The predicted octanol–water partition coefficient (Wildman–Crippen LogP) is 3.22. The van der Waals surface area contributed by atoms with E-state index in [9.17, 15) is 0 Å². The van der Waals surface area contributed by atoms with Crippen LogP contribution in [0.25, 0.3) is 0 Å². The van der Waals surface area contributed by atoms with E-state index in [0.29, 0.717) is 0 Å². The van der Waals surface area contributed by atoms with Crippen molar-refractivity contribution in [3.8, 4) is 0 Å². The van der Waals surface area contributed by atoms with E-state index < -0.39 is 0 Å². The lowest BCUT2D eigenvalue weighted by atomic mass is 9.85. The number of rotatable bonds is 0. The second kappa shape index (κ2) is 3.47. The van der Waals surface area contributed by atoms with E-state index in [1.54, 1.807) is 22.3 Å². The minimum atomic E-state index is 1.22. The highest BCUT2D eigenvalue weighted by atomic mass is 32.2. The van der Waals surface area contributed by atoms with Crippen LogP contribution in [-0.4, -0.2) is 11.5 Å². The Bertz CT molecular complexity index is 353. The SMILES string of the molecule is c1ccc2c(c1)CC1=C(CSCC1)C2. The molecule has 0 atom stereocenters.